The van der Waals surface area contributed by atoms with Gasteiger partial charge in [0.05, 0.1) is 6.54 Å². The van der Waals surface area contributed by atoms with E-state index in [9.17, 15) is 4.79 Å². The molecule has 32 heavy (non-hydrogen) atoms. The van der Waals surface area contributed by atoms with Gasteiger partial charge in [0, 0.05) is 6.92 Å². The maximum atomic E-state index is 13.3. The average Bonchev–Trinajstić information content (AvgIpc) is 3.37. The molecule has 5 heteroatoms. The first-order chi connectivity index (χ1) is 14.9. The summed E-state index contributed by atoms with van der Waals surface area (Å²) >= 11 is 0. The molecule has 2 aromatic carbocycles. The molecule has 170 valence electrons. The lowest BCUT2D eigenvalue weighted by atomic mass is 9.64. The van der Waals surface area contributed by atoms with Gasteiger partial charge in [-0.15, -0.1) is 0 Å². The minimum atomic E-state index is -0.813. The highest BCUT2D eigenvalue weighted by Gasteiger charge is 2.51. The van der Waals surface area contributed by atoms with Crippen molar-refractivity contribution in [2.45, 2.75) is 58.0 Å². The molecule has 1 fully saturated rings. The van der Waals surface area contributed by atoms with E-state index in [0.717, 1.165) is 36.9 Å². The van der Waals surface area contributed by atoms with Gasteiger partial charge in [0.1, 0.15) is 23.9 Å². The molecule has 0 radical (unpaired) electrons. The van der Waals surface area contributed by atoms with Crippen LogP contribution in [0.25, 0.3) is 0 Å². The van der Waals surface area contributed by atoms with Gasteiger partial charge in [0.15, 0.2) is 0 Å². The molecular formula is C27H34BrN3O. The summed E-state index contributed by atoms with van der Waals surface area (Å²) in [4.78, 5) is 13.3. The number of primary amides is 1. The Kier molecular flexibility index (Phi) is 7.60. The Morgan fingerprint density at radius 2 is 1.62 bits per heavy atom. The largest absolute Gasteiger partial charge is 1.00 e. The minimum absolute atomic E-state index is 0. The third-order valence-electron chi connectivity index (χ3n) is 7.02. The molecule has 2 unspecified atom stereocenters. The Labute approximate surface area is 202 Å². The number of carbonyl (C=O) groups is 1. The Hall–Kier alpha value is -2.40. The molecule has 4 rings (SSSR count). The molecule has 1 amide bonds. The van der Waals surface area contributed by atoms with E-state index in [1.165, 1.54) is 5.82 Å². The first kappa shape index (κ1) is 24.2. The van der Waals surface area contributed by atoms with Crippen molar-refractivity contribution in [2.75, 3.05) is 0 Å². The van der Waals surface area contributed by atoms with Gasteiger partial charge in [-0.05, 0) is 42.2 Å². The fourth-order valence-electron chi connectivity index (χ4n) is 5.62. The second-order valence-corrected chi connectivity index (χ2v) is 9.37. The minimum Gasteiger partial charge on any atom is -1.00 e. The van der Waals surface area contributed by atoms with Gasteiger partial charge in [-0.2, -0.15) is 0 Å². The van der Waals surface area contributed by atoms with Crippen LogP contribution in [-0.4, -0.2) is 10.5 Å². The van der Waals surface area contributed by atoms with Gasteiger partial charge in [-0.1, -0.05) is 74.5 Å². The Balaban J connectivity index is 0.00000289. The van der Waals surface area contributed by atoms with Gasteiger partial charge in [0.2, 0.25) is 5.91 Å². The summed E-state index contributed by atoms with van der Waals surface area (Å²) in [6, 6.07) is 20.6. The van der Waals surface area contributed by atoms with Crippen LogP contribution in [0, 0.1) is 18.8 Å². The number of nitrogens with zero attached hydrogens (tertiary/aromatic N) is 2. The van der Waals surface area contributed by atoms with Crippen molar-refractivity contribution in [1.29, 1.82) is 0 Å². The lowest BCUT2D eigenvalue weighted by Gasteiger charge is -2.37. The van der Waals surface area contributed by atoms with Gasteiger partial charge < -0.3 is 22.7 Å². The number of aromatic nitrogens is 2. The third-order valence-corrected chi connectivity index (χ3v) is 7.02. The molecular weight excluding hydrogens is 462 g/mol. The second kappa shape index (κ2) is 10.0. The van der Waals surface area contributed by atoms with Crippen LogP contribution in [-0.2, 0) is 16.8 Å². The van der Waals surface area contributed by atoms with Crippen molar-refractivity contribution in [1.82, 2.24) is 4.57 Å². The summed E-state index contributed by atoms with van der Waals surface area (Å²) < 4.78 is 4.75. The Bertz CT molecular complexity index is 990. The smallest absolute Gasteiger partial charge is 0.253 e. The maximum absolute atomic E-state index is 13.3. The van der Waals surface area contributed by atoms with Gasteiger partial charge in [-0.3, -0.25) is 4.79 Å². The zero-order valence-corrected chi connectivity index (χ0v) is 20.8. The number of carbonyl (C=O) groups excluding carboxylic acids is 1. The molecule has 1 saturated carbocycles. The van der Waals surface area contributed by atoms with E-state index >= 15 is 0 Å². The van der Waals surface area contributed by atoms with E-state index in [4.69, 9.17) is 5.73 Å². The SMILES string of the molecule is Cc1n(C2CCC(C(C(N)=O)(c3ccccc3)c3ccccc3)C2)cc[n+]1CC(C)C.[Br-]. The number of benzene rings is 2. The first-order valence-corrected chi connectivity index (χ1v) is 11.4. The number of hydrogen-bond donors (Lipinski definition) is 1. The van der Waals surface area contributed by atoms with E-state index in [2.05, 4.69) is 66.6 Å². The van der Waals surface area contributed by atoms with Gasteiger partial charge in [0.25, 0.3) is 5.82 Å². The van der Waals surface area contributed by atoms with Crippen LogP contribution in [0.3, 0.4) is 0 Å². The summed E-state index contributed by atoms with van der Waals surface area (Å²) in [6.45, 7) is 7.71. The van der Waals surface area contributed by atoms with Crippen molar-refractivity contribution in [3.63, 3.8) is 0 Å². The second-order valence-electron chi connectivity index (χ2n) is 9.37. The highest BCUT2D eigenvalue weighted by molar-refractivity contribution is 5.91. The maximum Gasteiger partial charge on any atom is 0.253 e. The number of halogens is 1. The van der Waals surface area contributed by atoms with Crippen LogP contribution in [0.4, 0.5) is 0 Å². The van der Waals surface area contributed by atoms with Crippen LogP contribution < -0.4 is 27.3 Å². The van der Waals surface area contributed by atoms with Crippen molar-refractivity contribution >= 4 is 5.91 Å². The average molecular weight is 496 g/mol. The van der Waals surface area contributed by atoms with Crippen LogP contribution in [0.5, 0.6) is 0 Å². The number of rotatable bonds is 7. The van der Waals surface area contributed by atoms with E-state index in [1.54, 1.807) is 0 Å². The molecule has 1 aliphatic carbocycles. The van der Waals surface area contributed by atoms with E-state index in [1.807, 2.05) is 36.4 Å². The lowest BCUT2D eigenvalue weighted by molar-refractivity contribution is -0.707. The molecule has 0 aliphatic heterocycles. The fourth-order valence-corrected chi connectivity index (χ4v) is 5.62. The molecule has 2 atom stereocenters. The number of amides is 1. The highest BCUT2D eigenvalue weighted by Crippen LogP contribution is 2.49. The van der Waals surface area contributed by atoms with E-state index < -0.39 is 5.41 Å². The number of hydrogen-bond acceptors (Lipinski definition) is 1. The molecule has 3 aromatic rings. The molecule has 4 nitrogen and oxygen atoms in total. The first-order valence-electron chi connectivity index (χ1n) is 11.4. The van der Waals surface area contributed by atoms with Crippen LogP contribution >= 0.6 is 0 Å². The predicted molar refractivity (Wildman–Crippen MR) is 123 cm³/mol. The molecule has 2 N–H and O–H groups in total. The monoisotopic (exact) mass is 495 g/mol. The standard InChI is InChI=1S/C27H33N3O.BrH/c1-20(2)19-29-16-17-30(21(29)3)25-15-14-24(18-25)27(26(28)31,22-10-6-4-7-11-22)23-12-8-5-9-13-23;/h4-13,16-17,20,24-25H,14-15,18-19H2,1-3H3,(H-,28,31);1H. The molecule has 0 saturated heterocycles. The zero-order chi connectivity index (χ0) is 22.0. The molecule has 1 aliphatic rings. The van der Waals surface area contributed by atoms with Crippen molar-refractivity contribution in [2.24, 2.45) is 17.6 Å². The Morgan fingerprint density at radius 3 is 2.12 bits per heavy atom. The van der Waals surface area contributed by atoms with Crippen LogP contribution in [0.2, 0.25) is 0 Å². The normalized spacial score (nSPS) is 18.5. The quantitative estimate of drug-likeness (QED) is 0.496. The van der Waals surface area contributed by atoms with Crippen LogP contribution in [0.15, 0.2) is 73.1 Å². The van der Waals surface area contributed by atoms with Crippen molar-refractivity contribution in [3.8, 4) is 0 Å². The summed E-state index contributed by atoms with van der Waals surface area (Å²) in [6.07, 6.45) is 7.36. The van der Waals surface area contributed by atoms with Gasteiger partial charge in [-0.25, -0.2) is 9.13 Å². The summed E-state index contributed by atoms with van der Waals surface area (Å²) in [5.41, 5.74) is 7.42. The van der Waals surface area contributed by atoms with Gasteiger partial charge >= 0.3 is 0 Å². The summed E-state index contributed by atoms with van der Waals surface area (Å²) in [7, 11) is 0. The predicted octanol–water partition coefficient (Wildman–Crippen LogP) is 1.56. The molecule has 0 spiro atoms. The Morgan fingerprint density at radius 1 is 1.06 bits per heavy atom. The summed E-state index contributed by atoms with van der Waals surface area (Å²) in [5.74, 6) is 1.78. The number of nitrogens with two attached hydrogens (primary N) is 1. The van der Waals surface area contributed by atoms with Crippen molar-refractivity contribution < 1.29 is 26.3 Å². The number of imidazole rings is 1. The van der Waals surface area contributed by atoms with Crippen LogP contribution in [0.1, 0.15) is 56.1 Å². The molecule has 1 heterocycles. The third kappa shape index (κ3) is 4.27. The summed E-state index contributed by atoms with van der Waals surface area (Å²) in [5, 5.41) is 0. The van der Waals surface area contributed by atoms with E-state index in [-0.39, 0.29) is 28.8 Å². The zero-order valence-electron chi connectivity index (χ0n) is 19.2. The molecule has 1 aromatic heterocycles. The lowest BCUT2D eigenvalue weighted by Crippen LogP contribution is -3.00. The van der Waals surface area contributed by atoms with E-state index in [0.29, 0.717) is 12.0 Å². The molecule has 0 bridgehead atoms. The topological polar surface area (TPSA) is 51.9 Å². The fraction of sp³-hybridized carbons (Fsp3) is 0.407. The van der Waals surface area contributed by atoms with Crippen molar-refractivity contribution in [3.05, 3.63) is 90.0 Å². The highest BCUT2D eigenvalue weighted by atomic mass is 79.9.